The normalized spacial score (nSPS) is 37.5. The third kappa shape index (κ3) is 7.54. The van der Waals surface area contributed by atoms with Crippen LogP contribution in [0.2, 0.25) is 0 Å². The molecule has 7 N–H and O–H groups in total. The van der Waals surface area contributed by atoms with Crippen LogP contribution in [0.25, 0.3) is 0 Å². The van der Waals surface area contributed by atoms with Crippen LogP contribution in [0.4, 0.5) is 0 Å². The molecule has 2 fully saturated rings. The molecule has 3 aliphatic carbocycles. The van der Waals surface area contributed by atoms with Crippen molar-refractivity contribution in [3.8, 4) is 5.75 Å². The zero-order chi connectivity index (χ0) is 46.7. The Labute approximate surface area is 373 Å². The van der Waals surface area contributed by atoms with E-state index in [1.807, 2.05) is 0 Å². The number of nitrogens with zero attached hydrogens (tertiary/aromatic N) is 1. The maximum Gasteiger partial charge on any atom is 0.225 e. The number of piperidine rings is 2. The second kappa shape index (κ2) is 17.6. The number of aromatic hydroxyl groups is 1. The van der Waals surface area contributed by atoms with E-state index >= 15 is 9.59 Å². The molecular formula is C51H60N2O11. The van der Waals surface area contributed by atoms with Crippen LogP contribution in [0.5, 0.6) is 5.75 Å². The van der Waals surface area contributed by atoms with E-state index in [1.54, 1.807) is 94.2 Å². The number of aliphatic hydroxyl groups is 5. The van der Waals surface area contributed by atoms with Crippen LogP contribution in [0.1, 0.15) is 110 Å². The standard InChI is InChI=1S/C51H60N2O11/c1-25-10-8-9-11-33-22-39(59)53-19-18-36(56)42-32(15-14-31(7)54)24-50(33)43-44(52-51(42,50)53)48(63)35-21-30(6)47(62)41(40(35)49(43)64)46(61)29(5)20-28(4)45(60)27(3)13-17-34(55)16-12-26(2)38(58)23-37(25)57/h8-15,17,20-21,25,27-28,31,33-34,36-37,45,52,54-57,60,62H,16,18-19,22-24H2,1-7H3/b10-8+,11-9-,15-14+,17-13+,26-12+,29-20+. The third-order valence-electron chi connectivity index (χ3n) is 14.3. The van der Waals surface area contributed by atoms with Crippen molar-refractivity contribution in [2.75, 3.05) is 6.54 Å². The first-order valence-corrected chi connectivity index (χ1v) is 22.3. The molecule has 0 aromatic heterocycles. The van der Waals surface area contributed by atoms with Crippen LogP contribution in [-0.4, -0.2) is 107 Å². The van der Waals surface area contributed by atoms with Crippen LogP contribution >= 0.6 is 0 Å². The zero-order valence-electron chi connectivity index (χ0n) is 37.5. The summed E-state index contributed by atoms with van der Waals surface area (Å²) in [5, 5.41) is 70.4. The van der Waals surface area contributed by atoms with Gasteiger partial charge in [0.1, 0.15) is 11.4 Å². The van der Waals surface area contributed by atoms with Gasteiger partial charge in [-0.1, -0.05) is 81.5 Å². The summed E-state index contributed by atoms with van der Waals surface area (Å²) in [4.78, 5) is 74.5. The predicted octanol–water partition coefficient (Wildman–Crippen LogP) is 4.97. The summed E-state index contributed by atoms with van der Waals surface area (Å²) in [5.41, 5.74) is -2.18. The topological polar surface area (TPSA) is 222 Å². The lowest BCUT2D eigenvalue weighted by molar-refractivity contribution is -0.157. The molecule has 11 atom stereocenters. The average molecular weight is 877 g/mol. The molecule has 6 aliphatic rings. The van der Waals surface area contributed by atoms with E-state index in [2.05, 4.69) is 5.32 Å². The van der Waals surface area contributed by atoms with Gasteiger partial charge in [-0.2, -0.15) is 0 Å². The van der Waals surface area contributed by atoms with Gasteiger partial charge in [0.05, 0.1) is 47.2 Å². The summed E-state index contributed by atoms with van der Waals surface area (Å²) in [7, 11) is 0. The molecule has 0 saturated carbocycles. The van der Waals surface area contributed by atoms with Crippen molar-refractivity contribution in [2.24, 2.45) is 29.1 Å². The van der Waals surface area contributed by atoms with Gasteiger partial charge < -0.3 is 40.9 Å². The highest BCUT2D eigenvalue weighted by Crippen LogP contribution is 2.69. The molecule has 2 saturated heterocycles. The number of aryl methyl sites for hydroxylation is 1. The van der Waals surface area contributed by atoms with Crippen LogP contribution < -0.4 is 5.32 Å². The number of rotatable bonds is 2. The first kappa shape index (κ1) is 46.7. The summed E-state index contributed by atoms with van der Waals surface area (Å²) in [6, 6.07) is 1.38. The van der Waals surface area contributed by atoms with Crippen molar-refractivity contribution in [1.29, 1.82) is 0 Å². The largest absolute Gasteiger partial charge is 0.507 e. The lowest BCUT2D eigenvalue weighted by Crippen LogP contribution is -2.74. The lowest BCUT2D eigenvalue weighted by Gasteiger charge is -2.59. The van der Waals surface area contributed by atoms with Crippen LogP contribution in [0, 0.1) is 36.0 Å². The van der Waals surface area contributed by atoms with Gasteiger partial charge in [0.2, 0.25) is 11.7 Å². The lowest BCUT2D eigenvalue weighted by atomic mass is 9.56. The minimum atomic E-state index is -1.60. The third-order valence-corrected chi connectivity index (χ3v) is 14.3. The molecule has 3 heterocycles. The van der Waals surface area contributed by atoms with Crippen molar-refractivity contribution in [2.45, 2.75) is 117 Å². The Balaban J connectivity index is 1.43. The Kier molecular flexibility index (Phi) is 12.8. The number of aliphatic hydroxyl groups excluding tert-OH is 5. The Hall–Kier alpha value is -5.31. The minimum Gasteiger partial charge on any atom is -0.507 e. The van der Waals surface area contributed by atoms with Crippen molar-refractivity contribution in [3.05, 3.63) is 123 Å². The molecular weight excluding hydrogens is 817 g/mol. The first-order chi connectivity index (χ1) is 30.2. The molecule has 13 nitrogen and oxygen atoms in total. The van der Waals surface area contributed by atoms with Gasteiger partial charge in [0.25, 0.3) is 0 Å². The molecule has 13 heteroatoms. The number of carbonyl (C=O) groups excluding carboxylic acids is 5. The van der Waals surface area contributed by atoms with Gasteiger partial charge in [-0.05, 0) is 75.3 Å². The Morgan fingerprint density at radius 2 is 1.55 bits per heavy atom. The molecule has 2 spiro atoms. The number of amides is 1. The number of hydrogen-bond donors (Lipinski definition) is 7. The minimum absolute atomic E-state index is 0.0193. The molecule has 1 amide bonds. The Morgan fingerprint density at radius 1 is 0.844 bits per heavy atom. The average Bonchev–Trinajstić information content (AvgIpc) is 3.71. The summed E-state index contributed by atoms with van der Waals surface area (Å²) in [6.45, 7) is 11.5. The monoisotopic (exact) mass is 876 g/mol. The molecule has 0 radical (unpaired) electrons. The second-order valence-electron chi connectivity index (χ2n) is 18.7. The molecule has 340 valence electrons. The van der Waals surface area contributed by atoms with Gasteiger partial charge in [0.15, 0.2) is 17.3 Å². The van der Waals surface area contributed by atoms with Crippen molar-refractivity contribution >= 4 is 29.0 Å². The predicted molar refractivity (Wildman–Crippen MR) is 239 cm³/mol. The zero-order valence-corrected chi connectivity index (χ0v) is 37.5. The van der Waals surface area contributed by atoms with E-state index in [0.717, 1.165) is 0 Å². The van der Waals surface area contributed by atoms with Crippen molar-refractivity contribution in [3.63, 3.8) is 0 Å². The molecule has 64 heavy (non-hydrogen) atoms. The highest BCUT2D eigenvalue weighted by Gasteiger charge is 2.76. The number of phenolic OH excluding ortho intramolecular Hbond substituents is 1. The van der Waals surface area contributed by atoms with E-state index in [1.165, 1.54) is 26.0 Å². The number of ketones is 4. The van der Waals surface area contributed by atoms with E-state index in [4.69, 9.17) is 0 Å². The van der Waals surface area contributed by atoms with Gasteiger partial charge in [-0.25, -0.2) is 0 Å². The van der Waals surface area contributed by atoms with Crippen molar-refractivity contribution < 1.29 is 54.6 Å². The molecule has 7 rings (SSSR count). The number of carbonyl (C=O) groups is 5. The van der Waals surface area contributed by atoms with Crippen LogP contribution in [0.3, 0.4) is 0 Å². The molecule has 3 aliphatic heterocycles. The number of benzene rings is 1. The van der Waals surface area contributed by atoms with Crippen LogP contribution in [0.15, 0.2) is 100 Å². The Morgan fingerprint density at radius 3 is 2.25 bits per heavy atom. The highest BCUT2D eigenvalue weighted by atomic mass is 16.3. The fourth-order valence-electron chi connectivity index (χ4n) is 10.8. The summed E-state index contributed by atoms with van der Waals surface area (Å²) in [5.74, 6) is -5.52. The van der Waals surface area contributed by atoms with E-state index in [9.17, 15) is 45.0 Å². The van der Waals surface area contributed by atoms with Crippen LogP contribution in [-0.2, 0) is 9.59 Å². The number of hydrogen-bond acceptors (Lipinski definition) is 12. The summed E-state index contributed by atoms with van der Waals surface area (Å²) < 4.78 is 0. The number of phenols is 1. The Bertz CT molecular complexity index is 2450. The number of Topliss-reactive ketones (excluding diaryl/α,β-unsaturated/α-hetero) is 4. The number of allylic oxidation sites excluding steroid dienone is 8. The summed E-state index contributed by atoms with van der Waals surface area (Å²) >= 11 is 0. The van der Waals surface area contributed by atoms with E-state index in [-0.39, 0.29) is 89.4 Å². The summed E-state index contributed by atoms with van der Waals surface area (Å²) in [6.07, 6.45) is 11.5. The maximum absolute atomic E-state index is 15.7. The molecule has 1 aromatic carbocycles. The first-order valence-electron chi connectivity index (χ1n) is 22.3. The number of nitrogens with one attached hydrogen (secondary N) is 1. The van der Waals surface area contributed by atoms with E-state index < -0.39 is 88.4 Å². The van der Waals surface area contributed by atoms with E-state index in [0.29, 0.717) is 16.7 Å². The molecule has 2 bridgehead atoms. The smallest absolute Gasteiger partial charge is 0.225 e. The van der Waals surface area contributed by atoms with Gasteiger partial charge in [0, 0.05) is 65.3 Å². The molecule has 11 unspecified atom stereocenters. The fraction of sp³-hybridized carbons (Fsp3) is 0.471. The van der Waals surface area contributed by atoms with Gasteiger partial charge >= 0.3 is 0 Å². The van der Waals surface area contributed by atoms with Gasteiger partial charge in [-0.15, -0.1) is 0 Å². The highest BCUT2D eigenvalue weighted by molar-refractivity contribution is 6.32. The quantitative estimate of drug-likeness (QED) is 0.196. The van der Waals surface area contributed by atoms with Gasteiger partial charge in [-0.3, -0.25) is 24.0 Å². The second-order valence-corrected chi connectivity index (χ2v) is 18.7. The maximum atomic E-state index is 15.7. The molecule has 1 aromatic rings. The van der Waals surface area contributed by atoms with Crippen molar-refractivity contribution in [1.82, 2.24) is 10.2 Å². The SMILES string of the molecule is C/C1=C\CC(O)/C=C/C(C)C(O)C(C)/C=C(\C)C(=O)c2c(O)c(C)cc3c2C(=O)C2=C(NC45C6=C(/C=C/C(C)O)CC24C(/C=C\C=C\C(C)C(O)CC1=O)CC(=O)N5CCC6O)C3=O. The fourth-order valence-corrected chi connectivity index (χ4v) is 10.8.